The van der Waals surface area contributed by atoms with Gasteiger partial charge >= 0.3 is 59.9 Å². The summed E-state index contributed by atoms with van der Waals surface area (Å²) < 4.78 is 209. The molecule has 16 aliphatic rings. The van der Waals surface area contributed by atoms with Crippen LogP contribution in [0.3, 0.4) is 0 Å². The van der Waals surface area contributed by atoms with E-state index in [2.05, 4.69) is 76.2 Å². The van der Waals surface area contributed by atoms with Crippen molar-refractivity contribution in [2.24, 2.45) is 116 Å². The van der Waals surface area contributed by atoms with E-state index in [1.54, 1.807) is 0 Å². The molecule has 0 heterocycles. The van der Waals surface area contributed by atoms with E-state index in [4.69, 9.17) is 37.9 Å². The van der Waals surface area contributed by atoms with Crippen LogP contribution < -0.4 is 29.2 Å². The van der Waals surface area contributed by atoms with Crippen LogP contribution in [0.2, 0.25) is 0 Å². The quantitative estimate of drug-likeness (QED) is 0.0134. The van der Waals surface area contributed by atoms with Crippen molar-refractivity contribution in [2.45, 2.75) is 247 Å². The summed E-state index contributed by atoms with van der Waals surface area (Å²) in [7, 11) is -1.25. The van der Waals surface area contributed by atoms with Crippen LogP contribution in [0.15, 0.2) is 187 Å². The molecule has 0 N–H and O–H groups in total. The summed E-state index contributed by atoms with van der Waals surface area (Å²) in [5.74, 6) is -19.7. The van der Waals surface area contributed by atoms with Crippen molar-refractivity contribution in [3.63, 3.8) is 0 Å². The summed E-state index contributed by atoms with van der Waals surface area (Å²) in [5, 5.41) is 18.5. The molecule has 16 aliphatic carbocycles. The maximum Gasteiger partial charge on any atom is 0.460 e. The Balaban J connectivity index is 0.000000159. The lowest BCUT2D eigenvalue weighted by atomic mass is 9.45. The first-order chi connectivity index (χ1) is 62.4. The van der Waals surface area contributed by atoms with Gasteiger partial charge in [-0.05, 0) is 318 Å². The molecule has 32 heteroatoms. The van der Waals surface area contributed by atoms with Gasteiger partial charge in [-0.15, -0.1) is 0 Å². The number of carboxylic acid groups (broad SMARTS) is 2. The van der Waals surface area contributed by atoms with Crippen LogP contribution in [0.25, 0.3) is 0 Å². The Morgan fingerprint density at radius 3 is 0.667 bits per heavy atom. The highest BCUT2D eigenvalue weighted by atomic mass is 32.2. The van der Waals surface area contributed by atoms with Crippen LogP contribution in [-0.4, -0.2) is 99.0 Å². The Morgan fingerprint density at radius 1 is 0.295 bits per heavy atom. The van der Waals surface area contributed by atoms with Gasteiger partial charge in [0.25, 0.3) is 0 Å². The van der Waals surface area contributed by atoms with E-state index in [-0.39, 0.29) is 72.7 Å². The Labute approximate surface area is 763 Å². The molecule has 12 atom stereocenters. The van der Waals surface area contributed by atoms with Gasteiger partial charge in [0.05, 0.1) is 25.7 Å². The van der Waals surface area contributed by atoms with Crippen molar-refractivity contribution in [1.82, 2.24) is 0 Å². The molecule has 16 fully saturated rings. The first-order valence-electron chi connectivity index (χ1n) is 45.6. The molecular weight excluding hydrogens is 1790 g/mol. The van der Waals surface area contributed by atoms with Crippen LogP contribution in [0.4, 0.5) is 61.5 Å². The summed E-state index contributed by atoms with van der Waals surface area (Å²) in [4.78, 5) is 78.1. The third kappa shape index (κ3) is 20.0. The number of carboxylic acids is 2. The number of carbonyl (C=O) groups is 6. The van der Waals surface area contributed by atoms with Crippen LogP contribution >= 0.6 is 0 Å². The highest BCUT2D eigenvalue weighted by molar-refractivity contribution is 7.97. The monoisotopic (exact) mass is 1900 g/mol. The van der Waals surface area contributed by atoms with E-state index < -0.39 is 69.8 Å². The van der Waals surface area contributed by atoms with Crippen LogP contribution in [0, 0.1) is 116 Å². The van der Waals surface area contributed by atoms with Gasteiger partial charge in [-0.2, -0.15) is 61.5 Å². The zero-order valence-corrected chi connectivity index (χ0v) is 75.3. The predicted octanol–water partition coefficient (Wildman–Crippen LogP) is 21.6. The summed E-state index contributed by atoms with van der Waals surface area (Å²) in [6.07, 6.45) is 14.2. The molecule has 0 aromatic heterocycles. The number of benzene rings is 6. The minimum Gasteiger partial charge on any atom is -0.544 e. The highest BCUT2D eigenvalue weighted by Gasteiger charge is 2.75. The fourth-order valence-electron chi connectivity index (χ4n) is 26.5. The summed E-state index contributed by atoms with van der Waals surface area (Å²) in [6.45, 7) is 9.01. The fourth-order valence-corrected chi connectivity index (χ4v) is 31.0. The molecular formula is C100H110F14O16S2. The van der Waals surface area contributed by atoms with Gasteiger partial charge in [-0.3, -0.25) is 19.2 Å². The van der Waals surface area contributed by atoms with Gasteiger partial charge in [-0.25, -0.2) is 0 Å². The molecule has 0 spiro atoms. The Kier molecular flexibility index (Phi) is 28.6. The minimum absolute atomic E-state index is 0.0921. The third-order valence-corrected chi connectivity index (χ3v) is 36.6. The van der Waals surface area contributed by atoms with Gasteiger partial charge < -0.3 is 57.7 Å². The van der Waals surface area contributed by atoms with Gasteiger partial charge in [-0.1, -0.05) is 113 Å². The van der Waals surface area contributed by atoms with Crippen molar-refractivity contribution < 1.29 is 138 Å². The van der Waals surface area contributed by atoms with E-state index in [1.165, 1.54) is 128 Å². The normalized spacial score (nSPS) is 31.0. The third-order valence-electron chi connectivity index (χ3n) is 32.0. The smallest absolute Gasteiger partial charge is 0.460 e. The van der Waals surface area contributed by atoms with E-state index in [0.29, 0.717) is 72.4 Å². The lowest BCUT2D eigenvalue weighted by Gasteiger charge is -2.60. The van der Waals surface area contributed by atoms with Crippen molar-refractivity contribution >= 4 is 57.6 Å². The Bertz CT molecular complexity index is 4510. The summed E-state index contributed by atoms with van der Waals surface area (Å²) >= 11 is 0. The summed E-state index contributed by atoms with van der Waals surface area (Å²) in [6, 6.07) is 52.7. The number of para-hydroxylation sites is 4. The maximum absolute atomic E-state index is 13.4. The molecule has 6 aromatic carbocycles. The van der Waals surface area contributed by atoms with E-state index in [0.717, 1.165) is 100 Å². The molecule has 0 saturated heterocycles. The molecule has 16 saturated carbocycles. The van der Waals surface area contributed by atoms with Crippen molar-refractivity contribution in [1.29, 1.82) is 0 Å². The number of carbonyl (C=O) groups excluding carboxylic acids is 6. The van der Waals surface area contributed by atoms with Crippen molar-refractivity contribution in [3.05, 3.63) is 158 Å². The number of rotatable bonds is 30. The van der Waals surface area contributed by atoms with Gasteiger partial charge in [0, 0.05) is 0 Å². The largest absolute Gasteiger partial charge is 0.544 e. The predicted molar refractivity (Wildman–Crippen MR) is 450 cm³/mol. The van der Waals surface area contributed by atoms with Crippen LogP contribution in [-0.2, 0) is 69.5 Å². The molecule has 6 aromatic rings. The van der Waals surface area contributed by atoms with E-state index in [9.17, 15) is 100 Å². The maximum atomic E-state index is 13.4. The highest BCUT2D eigenvalue weighted by Crippen LogP contribution is 2.69. The number of hydrogen-bond acceptors (Lipinski definition) is 16. The average Bonchev–Trinajstić information content (AvgIpc) is 0.735. The molecule has 0 aliphatic heterocycles. The molecule has 0 radical (unpaired) electrons. The number of hydrogen-bond donors (Lipinski definition) is 0. The fraction of sp³-hybridized carbons (Fsp3) is 0.580. The number of aliphatic carboxylic acids is 2. The molecule has 12 unspecified atom stereocenters. The first-order valence-corrected chi connectivity index (χ1v) is 48.0. The number of ether oxygens (including phenoxy) is 8. The zero-order chi connectivity index (χ0) is 94.5. The Morgan fingerprint density at radius 2 is 0.485 bits per heavy atom. The molecule has 132 heavy (non-hydrogen) atoms. The average molecular weight is 1900 g/mol. The molecule has 716 valence electrons. The van der Waals surface area contributed by atoms with E-state index in [1.807, 2.05) is 109 Å². The van der Waals surface area contributed by atoms with Crippen molar-refractivity contribution in [2.75, 3.05) is 27.2 Å². The lowest BCUT2D eigenvalue weighted by Crippen LogP contribution is -2.60. The second-order valence-corrected chi connectivity index (χ2v) is 43.7. The zero-order valence-electron chi connectivity index (χ0n) is 73.7. The second kappa shape index (κ2) is 38.7. The lowest BCUT2D eigenvalue weighted by molar-refractivity contribution is -0.388. The standard InChI is InChI=1S/2C46H55O6S.2C4HF7O2/c2*1-30-36-18-32-16-33(19-36)23-45(30,22-32)26-43(47)51-28-49-39-12-6-8-14-41(39)53(38-10-4-3-5-11-38)42-15-9-7-13-40(42)50-29-52-44(48)27-46-24-34-17-35(25-46)21-37(20-34)31(46)2;2*5-2(6,1(12)13)3(7,8)4(9,10)11/h2*3-15,30-37H,16-29H2,1-2H3;2*(H,12,13)/q2*+1;;/p-2. The summed E-state index contributed by atoms with van der Waals surface area (Å²) in [5.41, 5.74) is 0.368. The van der Waals surface area contributed by atoms with Gasteiger partial charge in [0.2, 0.25) is 46.8 Å². The second-order valence-electron chi connectivity index (χ2n) is 39.7. The minimum atomic E-state index is -6.64. The molecule has 22 rings (SSSR count). The number of halogens is 14. The number of esters is 4. The van der Waals surface area contributed by atoms with Crippen molar-refractivity contribution in [3.8, 4) is 23.0 Å². The van der Waals surface area contributed by atoms with Crippen LogP contribution in [0.1, 0.15) is 182 Å². The van der Waals surface area contributed by atoms with Crippen LogP contribution in [0.5, 0.6) is 23.0 Å². The molecule has 16 bridgehead atoms. The number of alkyl halides is 14. The Hall–Kier alpha value is -8.94. The molecule has 0 amide bonds. The first kappa shape index (κ1) is 97.6. The SMILES string of the molecule is CC1C2CC3CC(C2)CC1(CC(=O)OCOc1ccccc1[S+](c1ccccc1)c1ccccc1OCOC(=O)CC12CC4CC(CC(C4)C1C)C2)C3.CC1C2CC3CC(C2)CC1(CC(=O)OCOc1ccccc1[S+](c1ccccc1)c1ccccc1OCOC(=O)CC12CC4CC(CC(C4)C1C)C2)C3.O=C([O-])C(F)(F)C(F)(F)C(F)(F)F.O=C([O-])C(F)(F)C(F)(F)C(F)(F)F. The molecule has 16 nitrogen and oxygen atoms in total. The van der Waals surface area contributed by atoms with Gasteiger partial charge in [0.15, 0.2) is 32.8 Å². The van der Waals surface area contributed by atoms with Gasteiger partial charge in [0.1, 0.15) is 33.7 Å². The van der Waals surface area contributed by atoms with E-state index >= 15 is 0 Å². The topological polar surface area (TPSA) is 222 Å².